The highest BCUT2D eigenvalue weighted by atomic mass is 19.4. The van der Waals surface area contributed by atoms with Gasteiger partial charge in [-0.1, -0.05) is 13.3 Å². The largest absolute Gasteiger partial charge is 0.465 e. The monoisotopic (exact) mass is 363 g/mol. The van der Waals surface area contributed by atoms with Crippen molar-refractivity contribution in [1.82, 2.24) is 15.6 Å². The van der Waals surface area contributed by atoms with E-state index in [4.69, 9.17) is 4.74 Å². The lowest BCUT2D eigenvalue weighted by atomic mass is 10.0. The fraction of sp³-hybridized carbons (Fsp3) is 0.533. The van der Waals surface area contributed by atoms with E-state index in [0.717, 1.165) is 0 Å². The van der Waals surface area contributed by atoms with Gasteiger partial charge in [0, 0.05) is 5.69 Å². The van der Waals surface area contributed by atoms with Crippen molar-refractivity contribution in [2.24, 2.45) is 0 Å². The molecule has 0 aliphatic carbocycles. The van der Waals surface area contributed by atoms with Gasteiger partial charge in [-0.05, 0) is 18.9 Å². The summed E-state index contributed by atoms with van der Waals surface area (Å²) in [5.41, 5.74) is 1.21. The molecular formula is C15H20F3N3O4. The van der Waals surface area contributed by atoms with Gasteiger partial charge in [-0.3, -0.25) is 9.59 Å². The number of nitrogens with one attached hydrogen (secondary N) is 3. The zero-order valence-electron chi connectivity index (χ0n) is 14.1. The molecule has 0 atom stereocenters. The van der Waals surface area contributed by atoms with Crippen LogP contribution in [0.4, 0.5) is 13.2 Å². The van der Waals surface area contributed by atoms with Crippen LogP contribution in [0, 0.1) is 6.92 Å². The summed E-state index contributed by atoms with van der Waals surface area (Å²) < 4.78 is 40.8. The molecule has 25 heavy (non-hydrogen) atoms. The third kappa shape index (κ3) is 5.80. The molecule has 0 aliphatic heterocycles. The molecule has 0 fully saturated rings. The lowest BCUT2D eigenvalue weighted by molar-refractivity contribution is -0.137. The first kappa shape index (κ1) is 20.5. The number of alkyl halides is 3. The minimum absolute atomic E-state index is 0.0865. The van der Waals surface area contributed by atoms with Crippen molar-refractivity contribution in [2.75, 3.05) is 20.2 Å². The molecule has 0 bridgehead atoms. The summed E-state index contributed by atoms with van der Waals surface area (Å²) in [4.78, 5) is 38.2. The Balaban J connectivity index is 2.84. The Hall–Kier alpha value is -2.52. The average molecular weight is 363 g/mol. The number of ether oxygens (including phenoxy) is 1. The molecular weight excluding hydrogens is 343 g/mol. The molecule has 2 amide bonds. The Morgan fingerprint density at radius 2 is 1.84 bits per heavy atom. The van der Waals surface area contributed by atoms with Crippen molar-refractivity contribution >= 4 is 17.8 Å². The summed E-state index contributed by atoms with van der Waals surface area (Å²) in [7, 11) is 1.22. The lowest BCUT2D eigenvalue weighted by Gasteiger charge is -2.09. The highest BCUT2D eigenvalue weighted by Crippen LogP contribution is 2.21. The molecule has 7 nitrogen and oxygen atoms in total. The van der Waals surface area contributed by atoms with E-state index in [1.165, 1.54) is 7.11 Å². The number of halogens is 3. The SMILES string of the molecule is CCCc1c(C(=O)NCC(=O)NCC(F)(F)F)[nH]c(C)c1C(=O)OC. The quantitative estimate of drug-likeness (QED) is 0.639. The molecule has 0 aromatic carbocycles. The average Bonchev–Trinajstić information content (AvgIpc) is 2.86. The first-order valence-electron chi connectivity index (χ1n) is 7.52. The molecule has 0 radical (unpaired) electrons. The minimum atomic E-state index is -4.53. The number of hydrogen-bond acceptors (Lipinski definition) is 4. The van der Waals surface area contributed by atoms with Crippen molar-refractivity contribution in [3.8, 4) is 0 Å². The Bertz CT molecular complexity index is 653. The predicted molar refractivity (Wildman–Crippen MR) is 82.3 cm³/mol. The van der Waals surface area contributed by atoms with E-state index in [2.05, 4.69) is 10.3 Å². The Labute approximate surface area is 142 Å². The number of aromatic nitrogens is 1. The lowest BCUT2D eigenvalue weighted by Crippen LogP contribution is -2.41. The number of carbonyl (C=O) groups excluding carboxylic acids is 3. The summed E-state index contributed by atoms with van der Waals surface area (Å²) in [5, 5.41) is 3.88. The van der Waals surface area contributed by atoms with Gasteiger partial charge in [-0.25, -0.2) is 4.79 Å². The van der Waals surface area contributed by atoms with Crippen LogP contribution in [0.3, 0.4) is 0 Å². The van der Waals surface area contributed by atoms with Crippen molar-refractivity contribution in [2.45, 2.75) is 32.9 Å². The topological polar surface area (TPSA) is 100 Å². The summed E-state index contributed by atoms with van der Waals surface area (Å²) in [6, 6.07) is 0. The zero-order chi connectivity index (χ0) is 19.2. The van der Waals surface area contributed by atoms with E-state index >= 15 is 0 Å². The second kappa shape index (κ2) is 8.54. The number of hydrogen-bond donors (Lipinski definition) is 3. The molecule has 10 heteroatoms. The summed E-state index contributed by atoms with van der Waals surface area (Å²) in [5.74, 6) is -2.26. The van der Waals surface area contributed by atoms with Crippen LogP contribution in [0.25, 0.3) is 0 Å². The molecule has 3 N–H and O–H groups in total. The molecule has 0 aliphatic rings. The molecule has 140 valence electrons. The van der Waals surface area contributed by atoms with Crippen LogP contribution in [0.1, 0.15) is 45.4 Å². The molecule has 0 saturated carbocycles. The Morgan fingerprint density at radius 3 is 2.36 bits per heavy atom. The number of methoxy groups -OCH3 is 1. The Kier molecular flexibility index (Phi) is 7.01. The number of amides is 2. The van der Waals surface area contributed by atoms with Crippen LogP contribution in [0.2, 0.25) is 0 Å². The van der Waals surface area contributed by atoms with Crippen molar-refractivity contribution in [3.05, 3.63) is 22.5 Å². The van der Waals surface area contributed by atoms with Gasteiger partial charge in [-0.2, -0.15) is 13.2 Å². The first-order chi connectivity index (χ1) is 11.6. The summed E-state index contributed by atoms with van der Waals surface area (Å²) in [6.45, 7) is 1.36. The number of aromatic amines is 1. The van der Waals surface area contributed by atoms with Gasteiger partial charge in [0.25, 0.3) is 5.91 Å². The van der Waals surface area contributed by atoms with Crippen molar-refractivity contribution in [3.63, 3.8) is 0 Å². The van der Waals surface area contributed by atoms with Crippen LogP contribution in [0.5, 0.6) is 0 Å². The number of aryl methyl sites for hydroxylation is 1. The molecule has 1 heterocycles. The van der Waals surface area contributed by atoms with Crippen LogP contribution in [-0.4, -0.2) is 49.1 Å². The van der Waals surface area contributed by atoms with Gasteiger partial charge >= 0.3 is 12.1 Å². The molecule has 1 aromatic rings. The third-order valence-electron chi connectivity index (χ3n) is 3.30. The van der Waals surface area contributed by atoms with Gasteiger partial charge < -0.3 is 20.4 Å². The van der Waals surface area contributed by atoms with E-state index in [0.29, 0.717) is 24.1 Å². The van der Waals surface area contributed by atoms with Gasteiger partial charge in [0.1, 0.15) is 12.2 Å². The third-order valence-corrected chi connectivity index (χ3v) is 3.30. The predicted octanol–water partition coefficient (Wildman–Crippen LogP) is 1.47. The fourth-order valence-electron chi connectivity index (χ4n) is 2.26. The minimum Gasteiger partial charge on any atom is -0.465 e. The van der Waals surface area contributed by atoms with Gasteiger partial charge in [0.05, 0.1) is 19.2 Å². The fourth-order valence-corrected chi connectivity index (χ4v) is 2.26. The van der Waals surface area contributed by atoms with Crippen LogP contribution >= 0.6 is 0 Å². The van der Waals surface area contributed by atoms with E-state index in [-0.39, 0.29) is 11.3 Å². The maximum Gasteiger partial charge on any atom is 0.405 e. The van der Waals surface area contributed by atoms with Crippen LogP contribution < -0.4 is 10.6 Å². The van der Waals surface area contributed by atoms with E-state index in [1.54, 1.807) is 12.2 Å². The standard InChI is InChI=1S/C15H20F3N3O4/c1-4-5-9-11(14(24)25-3)8(2)21-12(9)13(23)19-6-10(22)20-7-15(16,17)18/h21H,4-7H2,1-3H3,(H,19,23)(H,20,22). The summed E-state index contributed by atoms with van der Waals surface area (Å²) >= 11 is 0. The second-order valence-corrected chi connectivity index (χ2v) is 5.29. The number of rotatable bonds is 7. The molecule has 0 spiro atoms. The molecule has 0 saturated heterocycles. The highest BCUT2D eigenvalue weighted by Gasteiger charge is 2.28. The molecule has 1 rings (SSSR count). The van der Waals surface area contributed by atoms with Gasteiger partial charge in [0.15, 0.2) is 0 Å². The normalized spacial score (nSPS) is 11.1. The molecule has 1 aromatic heterocycles. The number of esters is 1. The maximum atomic E-state index is 12.2. The second-order valence-electron chi connectivity index (χ2n) is 5.29. The van der Waals surface area contributed by atoms with Crippen LogP contribution in [-0.2, 0) is 16.0 Å². The van der Waals surface area contributed by atoms with Crippen molar-refractivity contribution in [1.29, 1.82) is 0 Å². The zero-order valence-corrected chi connectivity index (χ0v) is 14.1. The van der Waals surface area contributed by atoms with E-state index in [9.17, 15) is 27.6 Å². The van der Waals surface area contributed by atoms with Gasteiger partial charge in [-0.15, -0.1) is 0 Å². The number of H-pyrrole nitrogens is 1. The summed E-state index contributed by atoms with van der Waals surface area (Å²) in [6.07, 6.45) is -3.47. The first-order valence-corrected chi connectivity index (χ1v) is 7.52. The van der Waals surface area contributed by atoms with Gasteiger partial charge in [0.2, 0.25) is 5.91 Å². The highest BCUT2D eigenvalue weighted by molar-refractivity contribution is 6.01. The smallest absolute Gasteiger partial charge is 0.405 e. The van der Waals surface area contributed by atoms with Crippen molar-refractivity contribution < 1.29 is 32.3 Å². The maximum absolute atomic E-state index is 12.2. The van der Waals surface area contributed by atoms with E-state index < -0.39 is 37.0 Å². The number of carbonyl (C=O) groups is 3. The molecule has 0 unspecified atom stereocenters. The van der Waals surface area contributed by atoms with Crippen LogP contribution in [0.15, 0.2) is 0 Å². The Morgan fingerprint density at radius 1 is 1.20 bits per heavy atom. The van der Waals surface area contributed by atoms with E-state index in [1.807, 2.05) is 6.92 Å².